The van der Waals surface area contributed by atoms with Crippen molar-refractivity contribution >= 4 is 43.6 Å². The number of hydrogen-bond acceptors (Lipinski definition) is 4. The number of hydrogen-bond donors (Lipinski definition) is 0. The lowest BCUT2D eigenvalue weighted by Gasteiger charge is -2.16. The van der Waals surface area contributed by atoms with E-state index in [4.69, 9.17) is 9.97 Å². The van der Waals surface area contributed by atoms with Crippen molar-refractivity contribution in [1.29, 1.82) is 0 Å². The number of benzene rings is 6. The lowest BCUT2D eigenvalue weighted by atomic mass is 10.0. The highest BCUT2D eigenvalue weighted by Crippen LogP contribution is 2.38. The molecule has 0 fully saturated rings. The molecule has 0 aliphatic carbocycles. The van der Waals surface area contributed by atoms with Gasteiger partial charge in [-0.1, -0.05) is 97.1 Å². The van der Waals surface area contributed by atoms with Crippen LogP contribution in [-0.2, 0) is 0 Å². The Morgan fingerprint density at radius 2 is 0.750 bits per heavy atom. The van der Waals surface area contributed by atoms with Gasteiger partial charge in [0, 0.05) is 74.4 Å². The van der Waals surface area contributed by atoms with Gasteiger partial charge in [0.25, 0.3) is 0 Å². The van der Waals surface area contributed by atoms with Crippen molar-refractivity contribution in [3.8, 4) is 56.4 Å². The molecule has 0 amide bonds. The maximum absolute atomic E-state index is 5.04. The zero-order valence-corrected chi connectivity index (χ0v) is 30.2. The van der Waals surface area contributed by atoms with E-state index in [-0.39, 0.29) is 0 Å². The van der Waals surface area contributed by atoms with Crippen molar-refractivity contribution in [2.24, 2.45) is 0 Å². The number of nitrogens with zero attached hydrogens (tertiary/aromatic N) is 6. The summed E-state index contributed by atoms with van der Waals surface area (Å²) in [6, 6.07) is 60.3. The van der Waals surface area contributed by atoms with Crippen molar-refractivity contribution in [3.63, 3.8) is 0 Å². The topological polar surface area (TPSA) is 61.4 Å². The van der Waals surface area contributed by atoms with Crippen LogP contribution in [0.4, 0.5) is 0 Å². The molecule has 0 unspecified atom stereocenters. The highest BCUT2D eigenvalue weighted by Gasteiger charge is 2.18. The Hall–Kier alpha value is -7.70. The van der Waals surface area contributed by atoms with E-state index in [1.54, 1.807) is 18.6 Å². The van der Waals surface area contributed by atoms with Gasteiger partial charge in [-0.15, -0.1) is 0 Å². The van der Waals surface area contributed by atoms with Crippen LogP contribution in [0, 0.1) is 0 Å². The third-order valence-electron chi connectivity index (χ3n) is 10.7. The van der Waals surface area contributed by atoms with E-state index >= 15 is 0 Å². The average Bonchev–Trinajstić information content (AvgIpc) is 3.80. The molecule has 0 radical (unpaired) electrons. The predicted octanol–water partition coefficient (Wildman–Crippen LogP) is 12.1. The summed E-state index contributed by atoms with van der Waals surface area (Å²) in [6.07, 6.45) is 7.17. The molecule has 0 spiro atoms. The Balaban J connectivity index is 1.11. The van der Waals surface area contributed by atoms with E-state index < -0.39 is 0 Å². The molecule has 0 atom stereocenters. The van der Waals surface area contributed by atoms with Gasteiger partial charge in [0.15, 0.2) is 5.82 Å². The zero-order valence-electron chi connectivity index (χ0n) is 30.2. The molecule has 0 saturated heterocycles. The highest BCUT2D eigenvalue weighted by molar-refractivity contribution is 6.10. The number of rotatable bonds is 6. The smallest absolute Gasteiger partial charge is 0.161 e. The number of pyridine rings is 2. The maximum atomic E-state index is 5.04. The SMILES string of the molecule is c1cncc(-c2cc(-c3ccc(-c4cc(-n5c6ccccc6c6ccccc65)cc(-n5c6ccccc6c6ccccc65)c4)cc3)nc(-c3cccnc3)n2)c1. The summed E-state index contributed by atoms with van der Waals surface area (Å²) in [4.78, 5) is 18.6. The van der Waals surface area contributed by atoms with Crippen LogP contribution in [0.25, 0.3) is 100 Å². The van der Waals surface area contributed by atoms with E-state index in [9.17, 15) is 0 Å². The third-order valence-corrected chi connectivity index (χ3v) is 10.7. The Bertz CT molecular complexity index is 2940. The molecule has 6 heteroatoms. The predicted molar refractivity (Wildman–Crippen MR) is 228 cm³/mol. The van der Waals surface area contributed by atoms with Crippen LogP contribution in [0.1, 0.15) is 0 Å². The molecule has 11 aromatic rings. The summed E-state index contributed by atoms with van der Waals surface area (Å²) in [5.74, 6) is 0.619. The average molecular weight is 717 g/mol. The van der Waals surface area contributed by atoms with Gasteiger partial charge in [0.05, 0.1) is 33.5 Å². The lowest BCUT2D eigenvalue weighted by Crippen LogP contribution is -2.00. The zero-order chi connectivity index (χ0) is 37.0. The minimum Gasteiger partial charge on any atom is -0.309 e. The Labute approximate surface area is 322 Å². The quantitative estimate of drug-likeness (QED) is 0.172. The molecule has 6 aromatic carbocycles. The molecule has 0 aliphatic heterocycles. The van der Waals surface area contributed by atoms with Gasteiger partial charge in [-0.05, 0) is 83.9 Å². The molecular formula is C50H32N6. The number of fused-ring (bicyclic) bond motifs is 6. The van der Waals surface area contributed by atoms with E-state index in [2.05, 4.69) is 159 Å². The summed E-state index contributed by atoms with van der Waals surface area (Å²) < 4.78 is 4.81. The second-order valence-electron chi connectivity index (χ2n) is 14.0. The van der Waals surface area contributed by atoms with Gasteiger partial charge in [-0.25, -0.2) is 9.97 Å². The van der Waals surface area contributed by atoms with Crippen LogP contribution < -0.4 is 0 Å². The molecule has 5 heterocycles. The first-order valence-electron chi connectivity index (χ1n) is 18.7. The van der Waals surface area contributed by atoms with Crippen molar-refractivity contribution < 1.29 is 0 Å². The van der Waals surface area contributed by atoms with Gasteiger partial charge < -0.3 is 9.13 Å². The van der Waals surface area contributed by atoms with Crippen LogP contribution in [-0.4, -0.2) is 29.1 Å². The van der Waals surface area contributed by atoms with Gasteiger partial charge in [-0.3, -0.25) is 9.97 Å². The fourth-order valence-corrected chi connectivity index (χ4v) is 8.14. The summed E-state index contributed by atoms with van der Waals surface area (Å²) in [5, 5.41) is 4.93. The molecule has 5 aromatic heterocycles. The van der Waals surface area contributed by atoms with Crippen molar-refractivity contribution in [2.45, 2.75) is 0 Å². The Morgan fingerprint density at radius 3 is 1.21 bits per heavy atom. The van der Waals surface area contributed by atoms with Crippen LogP contribution >= 0.6 is 0 Å². The second kappa shape index (κ2) is 13.0. The first-order chi connectivity index (χ1) is 27.8. The minimum absolute atomic E-state index is 0.619. The van der Waals surface area contributed by atoms with E-state index in [0.29, 0.717) is 5.82 Å². The Kier molecular flexibility index (Phi) is 7.38. The summed E-state index contributed by atoms with van der Waals surface area (Å²) in [5.41, 5.74) is 13.5. The molecule has 0 N–H and O–H groups in total. The molecule has 0 bridgehead atoms. The van der Waals surface area contributed by atoms with Crippen LogP contribution in [0.15, 0.2) is 195 Å². The maximum Gasteiger partial charge on any atom is 0.161 e. The third kappa shape index (κ3) is 5.27. The normalized spacial score (nSPS) is 11.6. The Morgan fingerprint density at radius 1 is 0.321 bits per heavy atom. The first kappa shape index (κ1) is 31.8. The standard InChI is InChI=1S/C50H32N6/c1-5-17-46-40(13-1)41-14-2-6-18-47(41)55(46)38-27-37(28-39(29-38)56-48-19-7-3-15-42(48)43-16-4-8-20-49(43)56)33-21-23-34(24-22-33)44-30-45(35-11-9-25-51-31-35)54-50(53-44)36-12-10-26-52-32-36/h1-32H. The number of para-hydroxylation sites is 4. The fourth-order valence-electron chi connectivity index (χ4n) is 8.14. The minimum atomic E-state index is 0.619. The summed E-state index contributed by atoms with van der Waals surface area (Å²) >= 11 is 0. The number of aromatic nitrogens is 6. The first-order valence-corrected chi connectivity index (χ1v) is 18.7. The largest absolute Gasteiger partial charge is 0.309 e. The van der Waals surface area contributed by atoms with Gasteiger partial charge in [-0.2, -0.15) is 0 Å². The van der Waals surface area contributed by atoms with Crippen molar-refractivity contribution in [1.82, 2.24) is 29.1 Å². The summed E-state index contributed by atoms with van der Waals surface area (Å²) in [7, 11) is 0. The molecular weight excluding hydrogens is 685 g/mol. The van der Waals surface area contributed by atoms with Gasteiger partial charge >= 0.3 is 0 Å². The molecule has 262 valence electrons. The van der Waals surface area contributed by atoms with Crippen molar-refractivity contribution in [2.75, 3.05) is 0 Å². The van der Waals surface area contributed by atoms with E-state index in [0.717, 1.165) is 50.6 Å². The second-order valence-corrected chi connectivity index (χ2v) is 14.0. The van der Waals surface area contributed by atoms with Crippen molar-refractivity contribution in [3.05, 3.63) is 195 Å². The lowest BCUT2D eigenvalue weighted by molar-refractivity contribution is 1.13. The fraction of sp³-hybridized carbons (Fsp3) is 0. The van der Waals surface area contributed by atoms with E-state index in [1.165, 1.54) is 43.6 Å². The molecule has 6 nitrogen and oxygen atoms in total. The van der Waals surface area contributed by atoms with Gasteiger partial charge in [0.2, 0.25) is 0 Å². The van der Waals surface area contributed by atoms with Crippen LogP contribution in [0.3, 0.4) is 0 Å². The highest BCUT2D eigenvalue weighted by atomic mass is 15.0. The van der Waals surface area contributed by atoms with E-state index in [1.807, 2.05) is 36.5 Å². The molecule has 0 saturated carbocycles. The van der Waals surface area contributed by atoms with Crippen LogP contribution in [0.5, 0.6) is 0 Å². The molecule has 0 aliphatic rings. The molecule has 11 rings (SSSR count). The summed E-state index contributed by atoms with van der Waals surface area (Å²) in [6.45, 7) is 0. The monoisotopic (exact) mass is 716 g/mol. The molecule has 56 heavy (non-hydrogen) atoms. The van der Waals surface area contributed by atoms with Gasteiger partial charge in [0.1, 0.15) is 0 Å². The van der Waals surface area contributed by atoms with Crippen LogP contribution in [0.2, 0.25) is 0 Å².